The number of nitrogens with zero attached hydrogens (tertiary/aromatic N) is 3. The number of benzene rings is 3. The summed E-state index contributed by atoms with van der Waals surface area (Å²) >= 11 is 0. The molecule has 174 valence electrons. The lowest BCUT2D eigenvalue weighted by molar-refractivity contribution is 0.0699. The predicted octanol–water partition coefficient (Wildman–Crippen LogP) is 3.98. The molecule has 0 bridgehead atoms. The van der Waals surface area contributed by atoms with E-state index in [9.17, 15) is 17.6 Å². The third-order valence-electron chi connectivity index (χ3n) is 6.20. The first-order valence-corrected chi connectivity index (χ1v) is 12.5. The molecule has 0 aliphatic carbocycles. The minimum absolute atomic E-state index is 0.116. The maximum Gasteiger partial charge on any atom is 0.256 e. The Balaban J connectivity index is 1.36. The molecule has 1 aliphatic heterocycles. The van der Waals surface area contributed by atoms with E-state index in [-0.39, 0.29) is 37.0 Å². The fourth-order valence-corrected chi connectivity index (χ4v) is 5.91. The van der Waals surface area contributed by atoms with Gasteiger partial charge in [0.2, 0.25) is 10.0 Å². The predicted molar refractivity (Wildman–Crippen MR) is 129 cm³/mol. The van der Waals surface area contributed by atoms with Crippen LogP contribution in [0.2, 0.25) is 0 Å². The van der Waals surface area contributed by atoms with Gasteiger partial charge in [-0.05, 0) is 23.8 Å². The average Bonchev–Trinajstić information content (AvgIpc) is 3.23. The van der Waals surface area contributed by atoms with Crippen LogP contribution < -0.4 is 0 Å². The van der Waals surface area contributed by atoms with E-state index in [0.717, 1.165) is 22.5 Å². The molecule has 6 nitrogen and oxygen atoms in total. The Morgan fingerprint density at radius 3 is 2.21 bits per heavy atom. The average molecular weight is 478 g/mol. The minimum Gasteiger partial charge on any atom is -0.342 e. The molecule has 34 heavy (non-hydrogen) atoms. The smallest absolute Gasteiger partial charge is 0.256 e. The van der Waals surface area contributed by atoms with Crippen LogP contribution in [0.25, 0.3) is 10.9 Å². The van der Waals surface area contributed by atoms with E-state index in [4.69, 9.17) is 0 Å². The Morgan fingerprint density at radius 1 is 0.824 bits per heavy atom. The lowest BCUT2D eigenvalue weighted by Crippen LogP contribution is -2.50. The van der Waals surface area contributed by atoms with E-state index in [1.54, 1.807) is 4.90 Å². The van der Waals surface area contributed by atoms with Crippen LogP contribution in [-0.2, 0) is 16.6 Å². The second-order valence-electron chi connectivity index (χ2n) is 8.30. The number of hydrogen-bond donors (Lipinski definition) is 0. The summed E-state index contributed by atoms with van der Waals surface area (Å²) in [6.45, 7) is 1.36. The summed E-state index contributed by atoms with van der Waals surface area (Å²) in [5, 5.41) is 0.866. The Kier molecular flexibility index (Phi) is 5.93. The Bertz CT molecular complexity index is 1440. The van der Waals surface area contributed by atoms with Gasteiger partial charge in [0.15, 0.2) is 0 Å². The van der Waals surface area contributed by atoms with Crippen molar-refractivity contribution in [1.29, 1.82) is 0 Å². The number of aromatic nitrogens is 1. The van der Waals surface area contributed by atoms with Gasteiger partial charge in [-0.15, -0.1) is 0 Å². The molecule has 1 aromatic heterocycles. The van der Waals surface area contributed by atoms with E-state index in [0.29, 0.717) is 12.1 Å². The van der Waals surface area contributed by atoms with E-state index in [1.165, 1.54) is 22.5 Å². The van der Waals surface area contributed by atoms with Crippen molar-refractivity contribution in [3.63, 3.8) is 0 Å². The van der Waals surface area contributed by atoms with Gasteiger partial charge in [0.05, 0.1) is 5.56 Å². The zero-order chi connectivity index (χ0) is 23.7. The topological polar surface area (TPSA) is 62.6 Å². The van der Waals surface area contributed by atoms with Crippen LogP contribution >= 0.6 is 0 Å². The number of piperazine rings is 1. The molecule has 3 aromatic carbocycles. The third-order valence-corrected chi connectivity index (χ3v) is 8.13. The van der Waals surface area contributed by atoms with Gasteiger partial charge in [0.1, 0.15) is 10.7 Å². The zero-order valence-corrected chi connectivity index (χ0v) is 19.3. The molecular weight excluding hydrogens is 453 g/mol. The molecule has 0 unspecified atom stereocenters. The van der Waals surface area contributed by atoms with Crippen molar-refractivity contribution < 1.29 is 17.6 Å². The highest BCUT2D eigenvalue weighted by atomic mass is 32.2. The van der Waals surface area contributed by atoms with Gasteiger partial charge in [0.25, 0.3) is 5.91 Å². The highest BCUT2D eigenvalue weighted by Gasteiger charge is 2.32. The quantitative estimate of drug-likeness (QED) is 0.437. The van der Waals surface area contributed by atoms with Crippen molar-refractivity contribution in [3.05, 3.63) is 102 Å². The third kappa shape index (κ3) is 4.10. The summed E-state index contributed by atoms with van der Waals surface area (Å²) in [6, 6.07) is 23.2. The SMILES string of the molecule is O=C(c1cn(Cc2ccccc2)c2ccccc12)N1CCN(S(=O)(=O)c2ccccc2F)CC1. The summed E-state index contributed by atoms with van der Waals surface area (Å²) in [5.74, 6) is -0.904. The summed E-state index contributed by atoms with van der Waals surface area (Å²) in [7, 11) is -3.96. The van der Waals surface area contributed by atoms with Crippen LogP contribution in [0.3, 0.4) is 0 Å². The van der Waals surface area contributed by atoms with Gasteiger partial charge >= 0.3 is 0 Å². The van der Waals surface area contributed by atoms with Gasteiger partial charge in [-0.25, -0.2) is 12.8 Å². The molecule has 1 amide bonds. The summed E-state index contributed by atoms with van der Waals surface area (Å²) in [5.41, 5.74) is 2.70. The fraction of sp³-hybridized carbons (Fsp3) is 0.192. The molecule has 0 N–H and O–H groups in total. The van der Waals surface area contributed by atoms with Gasteiger partial charge in [-0.3, -0.25) is 4.79 Å². The molecule has 5 rings (SSSR count). The second-order valence-corrected chi connectivity index (χ2v) is 10.2. The molecule has 1 aliphatic rings. The van der Waals surface area contributed by atoms with Crippen molar-refractivity contribution in [2.24, 2.45) is 0 Å². The number of sulfonamides is 1. The molecule has 0 saturated carbocycles. The maximum absolute atomic E-state index is 14.1. The lowest BCUT2D eigenvalue weighted by atomic mass is 10.1. The Morgan fingerprint density at radius 2 is 1.47 bits per heavy atom. The van der Waals surface area contributed by atoms with Crippen molar-refractivity contribution >= 4 is 26.8 Å². The van der Waals surface area contributed by atoms with Gasteiger partial charge in [-0.1, -0.05) is 60.7 Å². The van der Waals surface area contributed by atoms with Crippen LogP contribution in [0, 0.1) is 5.82 Å². The summed E-state index contributed by atoms with van der Waals surface area (Å²) in [6.07, 6.45) is 1.88. The number of amides is 1. The van der Waals surface area contributed by atoms with E-state index in [1.807, 2.05) is 60.8 Å². The first kappa shape index (κ1) is 22.3. The number of carbonyl (C=O) groups is 1. The van der Waals surface area contributed by atoms with Crippen LogP contribution in [0.4, 0.5) is 4.39 Å². The number of carbonyl (C=O) groups excluding carboxylic acids is 1. The number of hydrogen-bond acceptors (Lipinski definition) is 3. The number of fused-ring (bicyclic) bond motifs is 1. The summed E-state index contributed by atoms with van der Waals surface area (Å²) < 4.78 is 43.2. The second kappa shape index (κ2) is 9.04. The van der Waals surface area contributed by atoms with Crippen LogP contribution in [0.5, 0.6) is 0 Å². The highest BCUT2D eigenvalue weighted by molar-refractivity contribution is 7.89. The molecule has 8 heteroatoms. The Hall–Kier alpha value is -3.49. The number of para-hydroxylation sites is 1. The number of halogens is 1. The van der Waals surface area contributed by atoms with Gasteiger partial charge in [-0.2, -0.15) is 4.31 Å². The van der Waals surface area contributed by atoms with Crippen LogP contribution in [0.1, 0.15) is 15.9 Å². The Labute approximate surface area is 197 Å². The monoisotopic (exact) mass is 477 g/mol. The molecule has 0 spiro atoms. The van der Waals surface area contributed by atoms with Crippen molar-refractivity contribution in [1.82, 2.24) is 13.8 Å². The van der Waals surface area contributed by atoms with E-state index in [2.05, 4.69) is 4.57 Å². The molecule has 2 heterocycles. The van der Waals surface area contributed by atoms with Crippen molar-refractivity contribution in [3.8, 4) is 0 Å². The van der Waals surface area contributed by atoms with Gasteiger partial charge < -0.3 is 9.47 Å². The fourth-order valence-electron chi connectivity index (χ4n) is 4.42. The molecule has 4 aromatic rings. The molecule has 1 saturated heterocycles. The minimum atomic E-state index is -3.96. The van der Waals surface area contributed by atoms with Crippen molar-refractivity contribution in [2.45, 2.75) is 11.4 Å². The van der Waals surface area contributed by atoms with E-state index >= 15 is 0 Å². The molecule has 1 fully saturated rings. The van der Waals surface area contributed by atoms with Gasteiger partial charge in [0, 0.05) is 49.8 Å². The van der Waals surface area contributed by atoms with Crippen LogP contribution in [0.15, 0.2) is 90.0 Å². The lowest BCUT2D eigenvalue weighted by Gasteiger charge is -2.34. The molecular formula is C26H24FN3O3S. The first-order chi connectivity index (χ1) is 16.4. The summed E-state index contributed by atoms with van der Waals surface area (Å²) in [4.78, 5) is 14.8. The zero-order valence-electron chi connectivity index (χ0n) is 18.5. The standard InChI is InChI=1S/C26H24FN3O3S/c27-23-11-5-7-13-25(23)34(32,33)30-16-14-28(15-17-30)26(31)22-19-29(18-20-8-2-1-3-9-20)24-12-6-4-10-21(22)24/h1-13,19H,14-18H2. The first-order valence-electron chi connectivity index (χ1n) is 11.1. The largest absolute Gasteiger partial charge is 0.342 e. The normalized spacial score (nSPS) is 15.0. The maximum atomic E-state index is 14.1. The molecule has 0 radical (unpaired) electrons. The highest BCUT2D eigenvalue weighted by Crippen LogP contribution is 2.25. The van der Waals surface area contributed by atoms with E-state index < -0.39 is 15.8 Å². The van der Waals surface area contributed by atoms with Crippen molar-refractivity contribution in [2.75, 3.05) is 26.2 Å². The molecule has 0 atom stereocenters. The number of rotatable bonds is 5. The van der Waals surface area contributed by atoms with Crippen LogP contribution in [-0.4, -0.2) is 54.3 Å².